The highest BCUT2D eigenvalue weighted by atomic mass is 19.1. The fraction of sp³-hybridized carbons (Fsp3) is 0.154. The number of hydrogen-bond acceptors (Lipinski definition) is 4. The first kappa shape index (κ1) is 12.9. The molecule has 0 spiro atoms. The van der Waals surface area contributed by atoms with E-state index < -0.39 is 11.7 Å². The molecule has 0 aliphatic heterocycles. The second kappa shape index (κ2) is 5.01. The van der Waals surface area contributed by atoms with Crippen molar-refractivity contribution < 1.29 is 13.6 Å². The van der Waals surface area contributed by atoms with Gasteiger partial charge < -0.3 is 21.2 Å². The van der Waals surface area contributed by atoms with Crippen LogP contribution in [0.1, 0.15) is 29.1 Å². The van der Waals surface area contributed by atoms with Gasteiger partial charge in [0.25, 0.3) is 5.91 Å². The molecule has 0 radical (unpaired) electrons. The average molecular weight is 263 g/mol. The molecule has 1 unspecified atom stereocenters. The highest BCUT2D eigenvalue weighted by molar-refractivity contribution is 5.99. The quantitative estimate of drug-likeness (QED) is 0.737. The summed E-state index contributed by atoms with van der Waals surface area (Å²) in [5.74, 6) is -0.607. The molecule has 1 aromatic carbocycles. The van der Waals surface area contributed by atoms with E-state index in [9.17, 15) is 9.18 Å². The zero-order valence-corrected chi connectivity index (χ0v) is 10.3. The van der Waals surface area contributed by atoms with E-state index in [0.717, 1.165) is 6.07 Å². The third-order valence-electron chi connectivity index (χ3n) is 2.75. The molecule has 0 bridgehead atoms. The number of hydrogen-bond donors (Lipinski definition) is 3. The molecular formula is C13H14FN3O2. The van der Waals surface area contributed by atoms with Crippen LogP contribution in [0, 0.1) is 5.82 Å². The van der Waals surface area contributed by atoms with Crippen molar-refractivity contribution in [3.05, 3.63) is 47.7 Å². The molecule has 5 nitrogen and oxygen atoms in total. The zero-order chi connectivity index (χ0) is 14.0. The molecule has 2 aromatic rings. The van der Waals surface area contributed by atoms with Crippen molar-refractivity contribution in [2.24, 2.45) is 5.73 Å². The van der Waals surface area contributed by atoms with Crippen molar-refractivity contribution in [1.82, 2.24) is 0 Å². The summed E-state index contributed by atoms with van der Waals surface area (Å²) in [7, 11) is 0. The lowest BCUT2D eigenvalue weighted by atomic mass is 10.1. The Morgan fingerprint density at radius 1 is 1.47 bits per heavy atom. The largest absolute Gasteiger partial charge is 0.467 e. The van der Waals surface area contributed by atoms with Gasteiger partial charge in [0.2, 0.25) is 0 Å². The number of primary amides is 1. The molecule has 1 heterocycles. The maximum atomic E-state index is 13.8. The Balaban J connectivity index is 2.30. The van der Waals surface area contributed by atoms with Gasteiger partial charge in [0.1, 0.15) is 11.6 Å². The first-order valence-electron chi connectivity index (χ1n) is 5.68. The minimum atomic E-state index is -0.703. The zero-order valence-electron chi connectivity index (χ0n) is 10.3. The van der Waals surface area contributed by atoms with Gasteiger partial charge in [-0.05, 0) is 31.2 Å². The average Bonchev–Trinajstić information content (AvgIpc) is 2.85. The van der Waals surface area contributed by atoms with Crippen molar-refractivity contribution in [1.29, 1.82) is 0 Å². The number of nitrogens with two attached hydrogens (primary N) is 2. The van der Waals surface area contributed by atoms with E-state index in [0.29, 0.717) is 5.76 Å². The Morgan fingerprint density at radius 2 is 2.21 bits per heavy atom. The van der Waals surface area contributed by atoms with Crippen molar-refractivity contribution >= 4 is 17.3 Å². The highest BCUT2D eigenvalue weighted by Crippen LogP contribution is 2.26. The van der Waals surface area contributed by atoms with E-state index in [1.807, 2.05) is 0 Å². The van der Waals surface area contributed by atoms with E-state index in [4.69, 9.17) is 15.9 Å². The maximum Gasteiger partial charge on any atom is 0.250 e. The summed E-state index contributed by atoms with van der Waals surface area (Å²) in [5, 5.41) is 2.90. The smallest absolute Gasteiger partial charge is 0.250 e. The van der Waals surface area contributed by atoms with Crippen LogP contribution >= 0.6 is 0 Å². The van der Waals surface area contributed by atoms with Crippen molar-refractivity contribution in [3.8, 4) is 0 Å². The summed E-state index contributed by atoms with van der Waals surface area (Å²) in [5.41, 5.74) is 10.9. The van der Waals surface area contributed by atoms with Gasteiger partial charge >= 0.3 is 0 Å². The van der Waals surface area contributed by atoms with Gasteiger partial charge in [-0.15, -0.1) is 0 Å². The molecule has 5 N–H and O–H groups in total. The van der Waals surface area contributed by atoms with Crippen LogP contribution in [0.3, 0.4) is 0 Å². The van der Waals surface area contributed by atoms with E-state index in [2.05, 4.69) is 5.32 Å². The minimum Gasteiger partial charge on any atom is -0.467 e. The molecule has 6 heteroatoms. The molecule has 0 fully saturated rings. The lowest BCUT2D eigenvalue weighted by molar-refractivity contribution is 0.100. The lowest BCUT2D eigenvalue weighted by Crippen LogP contribution is -2.15. The molecule has 0 saturated carbocycles. The number of anilines is 2. The molecule has 100 valence electrons. The molecule has 1 atom stereocenters. The predicted octanol–water partition coefficient (Wildman–Crippen LogP) is 2.27. The van der Waals surface area contributed by atoms with Crippen LogP contribution in [0.25, 0.3) is 0 Å². The van der Waals surface area contributed by atoms with E-state index in [-0.39, 0.29) is 23.0 Å². The molecule has 19 heavy (non-hydrogen) atoms. The number of nitrogens with one attached hydrogen (secondary N) is 1. The van der Waals surface area contributed by atoms with Crippen LogP contribution in [0.5, 0.6) is 0 Å². The molecule has 1 aromatic heterocycles. The fourth-order valence-electron chi connectivity index (χ4n) is 1.75. The Labute approximate surface area is 109 Å². The first-order valence-corrected chi connectivity index (χ1v) is 5.68. The predicted molar refractivity (Wildman–Crippen MR) is 70.1 cm³/mol. The Kier molecular flexibility index (Phi) is 3.41. The Hall–Kier alpha value is -2.50. The van der Waals surface area contributed by atoms with Crippen molar-refractivity contribution in [3.63, 3.8) is 0 Å². The van der Waals surface area contributed by atoms with Gasteiger partial charge in [-0.3, -0.25) is 4.79 Å². The monoisotopic (exact) mass is 263 g/mol. The van der Waals surface area contributed by atoms with E-state index >= 15 is 0 Å². The van der Waals surface area contributed by atoms with Crippen LogP contribution in [-0.2, 0) is 0 Å². The number of rotatable bonds is 4. The fourth-order valence-corrected chi connectivity index (χ4v) is 1.75. The van der Waals surface area contributed by atoms with Gasteiger partial charge in [-0.25, -0.2) is 4.39 Å². The number of carbonyl (C=O) groups is 1. The third kappa shape index (κ3) is 2.67. The van der Waals surface area contributed by atoms with Gasteiger partial charge in [0.05, 0.1) is 23.6 Å². The van der Waals surface area contributed by atoms with Gasteiger partial charge in [0.15, 0.2) is 0 Å². The standard InChI is InChI=1S/C13H14FN3O2/c1-7(12-3-2-4-19-12)17-11-5-8(13(16)18)10(15)6-9(11)14/h2-7,17H,15H2,1H3,(H2,16,18). The minimum absolute atomic E-state index is 0.0150. The van der Waals surface area contributed by atoms with Gasteiger partial charge in [-0.1, -0.05) is 0 Å². The summed E-state index contributed by atoms with van der Waals surface area (Å²) < 4.78 is 19.0. The van der Waals surface area contributed by atoms with Crippen LogP contribution in [0.2, 0.25) is 0 Å². The molecule has 0 saturated heterocycles. The number of benzene rings is 1. The number of carbonyl (C=O) groups excluding carboxylic acids is 1. The topological polar surface area (TPSA) is 94.3 Å². The lowest BCUT2D eigenvalue weighted by Gasteiger charge is -2.15. The van der Waals surface area contributed by atoms with Crippen LogP contribution < -0.4 is 16.8 Å². The summed E-state index contributed by atoms with van der Waals surface area (Å²) in [4.78, 5) is 11.2. The van der Waals surface area contributed by atoms with Crippen LogP contribution in [-0.4, -0.2) is 5.91 Å². The SMILES string of the molecule is CC(Nc1cc(C(N)=O)c(N)cc1F)c1ccco1. The molecule has 0 aliphatic carbocycles. The number of furan rings is 1. The molecule has 1 amide bonds. The van der Waals surface area contributed by atoms with Crippen LogP contribution in [0.4, 0.5) is 15.8 Å². The van der Waals surface area contributed by atoms with Crippen molar-refractivity contribution in [2.45, 2.75) is 13.0 Å². The summed E-state index contributed by atoms with van der Waals surface area (Å²) >= 11 is 0. The Morgan fingerprint density at radius 3 is 2.79 bits per heavy atom. The highest BCUT2D eigenvalue weighted by Gasteiger charge is 2.15. The third-order valence-corrected chi connectivity index (χ3v) is 2.75. The summed E-state index contributed by atoms with van der Waals surface area (Å²) in [6.45, 7) is 1.80. The Bertz CT molecular complexity index is 596. The van der Waals surface area contributed by atoms with Gasteiger partial charge in [0, 0.05) is 5.69 Å². The first-order chi connectivity index (χ1) is 8.99. The van der Waals surface area contributed by atoms with E-state index in [1.54, 1.807) is 19.1 Å². The normalized spacial score (nSPS) is 12.1. The maximum absolute atomic E-state index is 13.8. The second-order valence-electron chi connectivity index (χ2n) is 4.17. The molecule has 2 rings (SSSR count). The summed E-state index contributed by atoms with van der Waals surface area (Å²) in [6, 6.07) is 5.61. The van der Waals surface area contributed by atoms with Crippen LogP contribution in [0.15, 0.2) is 34.9 Å². The van der Waals surface area contributed by atoms with Crippen molar-refractivity contribution in [2.75, 3.05) is 11.1 Å². The number of amides is 1. The summed E-state index contributed by atoms with van der Waals surface area (Å²) in [6.07, 6.45) is 1.53. The second-order valence-corrected chi connectivity index (χ2v) is 4.17. The van der Waals surface area contributed by atoms with E-state index in [1.165, 1.54) is 12.3 Å². The molecule has 0 aliphatic rings. The molecular weight excluding hydrogens is 249 g/mol. The number of nitrogen functional groups attached to an aromatic ring is 1. The van der Waals surface area contributed by atoms with Gasteiger partial charge in [-0.2, -0.15) is 0 Å². The number of halogens is 1.